The molecule has 1 aromatic carbocycles. The molecule has 3 heteroatoms. The van der Waals surface area contributed by atoms with Crippen LogP contribution in [0.1, 0.15) is 39.2 Å². The minimum Gasteiger partial charge on any atom is -0.494 e. The van der Waals surface area contributed by atoms with Crippen molar-refractivity contribution >= 4 is 0 Å². The minimum absolute atomic E-state index is 0.298. The molecule has 0 amide bonds. The molecule has 1 unspecified atom stereocenters. The molecule has 1 aromatic rings. The number of benzene rings is 1. The van der Waals surface area contributed by atoms with E-state index in [2.05, 4.69) is 26.1 Å². The predicted molar refractivity (Wildman–Crippen MR) is 73.3 cm³/mol. The molecule has 0 spiro atoms. The number of methoxy groups -OCH3 is 1. The summed E-state index contributed by atoms with van der Waals surface area (Å²) in [5, 5.41) is 3.46. The van der Waals surface area contributed by atoms with Gasteiger partial charge in [-0.15, -0.1) is 0 Å². The van der Waals surface area contributed by atoms with Gasteiger partial charge < -0.3 is 10.1 Å². The van der Waals surface area contributed by atoms with E-state index >= 15 is 0 Å². The molecular formula is C15H24FNO. The molecule has 0 aliphatic heterocycles. The second-order valence-corrected chi connectivity index (χ2v) is 4.72. The van der Waals surface area contributed by atoms with Gasteiger partial charge in [0.1, 0.15) is 0 Å². The smallest absolute Gasteiger partial charge is 0.165 e. The fourth-order valence-electron chi connectivity index (χ4n) is 2.26. The number of ether oxygens (including phenoxy) is 1. The molecule has 1 rings (SSSR count). The Hall–Kier alpha value is -1.09. The fraction of sp³-hybridized carbons (Fsp3) is 0.600. The number of nitrogens with one attached hydrogen (secondary N) is 1. The average Bonchev–Trinajstić information content (AvgIpc) is 2.38. The van der Waals surface area contributed by atoms with Crippen LogP contribution in [-0.4, -0.2) is 13.2 Å². The molecule has 0 aliphatic rings. The number of hydrogen-bond donors (Lipinski definition) is 1. The zero-order chi connectivity index (χ0) is 13.5. The fourth-order valence-corrected chi connectivity index (χ4v) is 2.26. The van der Waals surface area contributed by atoms with Crippen molar-refractivity contribution in [2.24, 2.45) is 5.92 Å². The topological polar surface area (TPSA) is 21.3 Å². The summed E-state index contributed by atoms with van der Waals surface area (Å²) in [5.74, 6) is 0.673. The summed E-state index contributed by atoms with van der Waals surface area (Å²) in [5.41, 5.74) is 0.950. The van der Waals surface area contributed by atoms with Crippen molar-refractivity contribution in [3.63, 3.8) is 0 Å². The van der Waals surface area contributed by atoms with E-state index in [0.717, 1.165) is 5.56 Å². The lowest BCUT2D eigenvalue weighted by molar-refractivity contribution is 0.352. The summed E-state index contributed by atoms with van der Waals surface area (Å²) in [4.78, 5) is 0. The Morgan fingerprint density at radius 1 is 1.28 bits per heavy atom. The van der Waals surface area contributed by atoms with Crippen LogP contribution in [0.15, 0.2) is 18.2 Å². The van der Waals surface area contributed by atoms with Crippen LogP contribution >= 0.6 is 0 Å². The Morgan fingerprint density at radius 3 is 2.44 bits per heavy atom. The molecule has 0 bridgehead atoms. The van der Waals surface area contributed by atoms with E-state index in [-0.39, 0.29) is 5.82 Å². The predicted octanol–water partition coefficient (Wildman–Crippen LogP) is 3.75. The maximum atomic E-state index is 13.5. The SMILES string of the molecule is CCC(CC)C(C)NCc1ccc(OC)c(F)c1. The van der Waals surface area contributed by atoms with Crippen molar-refractivity contribution in [1.29, 1.82) is 0 Å². The first-order valence-corrected chi connectivity index (χ1v) is 6.68. The lowest BCUT2D eigenvalue weighted by atomic mass is 9.95. The second kappa shape index (κ2) is 7.37. The molecule has 0 radical (unpaired) electrons. The summed E-state index contributed by atoms with van der Waals surface area (Å²) in [6.07, 6.45) is 2.34. The summed E-state index contributed by atoms with van der Waals surface area (Å²) >= 11 is 0. The highest BCUT2D eigenvalue weighted by atomic mass is 19.1. The number of rotatable bonds is 7. The molecule has 1 atom stereocenters. The Labute approximate surface area is 110 Å². The van der Waals surface area contributed by atoms with E-state index in [4.69, 9.17) is 4.74 Å². The first-order chi connectivity index (χ1) is 8.62. The Bertz CT molecular complexity index is 364. The van der Waals surface area contributed by atoms with E-state index in [9.17, 15) is 4.39 Å². The Morgan fingerprint density at radius 2 is 1.94 bits per heavy atom. The Kier molecular flexibility index (Phi) is 6.13. The van der Waals surface area contributed by atoms with Crippen molar-refractivity contribution in [3.8, 4) is 5.75 Å². The summed E-state index contributed by atoms with van der Waals surface area (Å²) in [6.45, 7) is 7.30. The highest BCUT2D eigenvalue weighted by Gasteiger charge is 2.12. The maximum Gasteiger partial charge on any atom is 0.165 e. The molecule has 0 aliphatic carbocycles. The second-order valence-electron chi connectivity index (χ2n) is 4.72. The van der Waals surface area contributed by atoms with Crippen LogP contribution in [0.3, 0.4) is 0 Å². The van der Waals surface area contributed by atoms with Crippen molar-refractivity contribution in [2.75, 3.05) is 7.11 Å². The van der Waals surface area contributed by atoms with Crippen LogP contribution in [0.4, 0.5) is 4.39 Å². The van der Waals surface area contributed by atoms with Crippen LogP contribution in [0.5, 0.6) is 5.75 Å². The molecule has 0 heterocycles. The van der Waals surface area contributed by atoms with E-state index in [1.807, 2.05) is 6.07 Å². The van der Waals surface area contributed by atoms with Gasteiger partial charge >= 0.3 is 0 Å². The van der Waals surface area contributed by atoms with Crippen LogP contribution in [-0.2, 0) is 6.54 Å². The summed E-state index contributed by atoms with van der Waals surface area (Å²) in [7, 11) is 1.48. The van der Waals surface area contributed by atoms with Gasteiger partial charge in [0.25, 0.3) is 0 Å². The van der Waals surface area contributed by atoms with Gasteiger partial charge in [-0.25, -0.2) is 4.39 Å². The molecule has 0 saturated carbocycles. The molecule has 0 aromatic heterocycles. The third kappa shape index (κ3) is 3.98. The quantitative estimate of drug-likeness (QED) is 0.799. The van der Waals surface area contributed by atoms with Crippen molar-refractivity contribution in [3.05, 3.63) is 29.6 Å². The summed E-state index contributed by atoms with van der Waals surface area (Å²) < 4.78 is 18.4. The van der Waals surface area contributed by atoms with Gasteiger partial charge in [-0.3, -0.25) is 0 Å². The maximum absolute atomic E-state index is 13.5. The highest BCUT2D eigenvalue weighted by Crippen LogP contribution is 2.18. The van der Waals surface area contributed by atoms with E-state index < -0.39 is 0 Å². The average molecular weight is 253 g/mol. The van der Waals surface area contributed by atoms with Gasteiger partial charge in [-0.2, -0.15) is 0 Å². The Balaban J connectivity index is 2.55. The van der Waals surface area contributed by atoms with Crippen LogP contribution in [0, 0.1) is 11.7 Å². The minimum atomic E-state index is -0.299. The first kappa shape index (κ1) is 15.0. The number of halogens is 1. The van der Waals surface area contributed by atoms with Gasteiger partial charge in [-0.1, -0.05) is 32.8 Å². The molecule has 1 N–H and O–H groups in total. The van der Waals surface area contributed by atoms with Crippen molar-refractivity contribution in [2.45, 2.75) is 46.2 Å². The lowest BCUT2D eigenvalue weighted by Gasteiger charge is -2.22. The molecule has 18 heavy (non-hydrogen) atoms. The number of hydrogen-bond acceptors (Lipinski definition) is 2. The molecule has 2 nitrogen and oxygen atoms in total. The van der Waals surface area contributed by atoms with E-state index in [1.165, 1.54) is 26.0 Å². The van der Waals surface area contributed by atoms with Crippen LogP contribution in [0.2, 0.25) is 0 Å². The monoisotopic (exact) mass is 253 g/mol. The van der Waals surface area contributed by atoms with Crippen molar-refractivity contribution in [1.82, 2.24) is 5.32 Å². The van der Waals surface area contributed by atoms with Gasteiger partial charge in [0.05, 0.1) is 7.11 Å². The van der Waals surface area contributed by atoms with Gasteiger partial charge in [0, 0.05) is 12.6 Å². The van der Waals surface area contributed by atoms with Crippen LogP contribution in [0.25, 0.3) is 0 Å². The van der Waals surface area contributed by atoms with Crippen LogP contribution < -0.4 is 10.1 Å². The first-order valence-electron chi connectivity index (χ1n) is 6.68. The molecule has 0 saturated heterocycles. The third-order valence-corrected chi connectivity index (χ3v) is 3.60. The standard InChI is InChI=1S/C15H24FNO/c1-5-13(6-2)11(3)17-10-12-7-8-15(18-4)14(16)9-12/h7-9,11,13,17H,5-6,10H2,1-4H3. The van der Waals surface area contributed by atoms with Gasteiger partial charge in [0.2, 0.25) is 0 Å². The van der Waals surface area contributed by atoms with E-state index in [0.29, 0.717) is 24.3 Å². The molecule has 0 fully saturated rings. The molecule has 102 valence electrons. The van der Waals surface area contributed by atoms with Crippen molar-refractivity contribution < 1.29 is 9.13 Å². The largest absolute Gasteiger partial charge is 0.494 e. The normalized spacial score (nSPS) is 12.8. The molecular weight excluding hydrogens is 229 g/mol. The van der Waals surface area contributed by atoms with Gasteiger partial charge in [-0.05, 0) is 30.5 Å². The lowest BCUT2D eigenvalue weighted by Crippen LogP contribution is -2.32. The third-order valence-electron chi connectivity index (χ3n) is 3.60. The zero-order valence-electron chi connectivity index (χ0n) is 11.8. The highest BCUT2D eigenvalue weighted by molar-refractivity contribution is 5.29. The zero-order valence-corrected chi connectivity index (χ0v) is 11.8. The van der Waals surface area contributed by atoms with E-state index in [1.54, 1.807) is 6.07 Å². The summed E-state index contributed by atoms with van der Waals surface area (Å²) in [6, 6.07) is 5.55. The van der Waals surface area contributed by atoms with Gasteiger partial charge in [0.15, 0.2) is 11.6 Å².